The van der Waals surface area contributed by atoms with Gasteiger partial charge >= 0.3 is 5.97 Å². The molecule has 0 atom stereocenters. The normalized spacial score (nSPS) is 12.2. The highest BCUT2D eigenvalue weighted by atomic mass is 35.5. The Kier molecular flexibility index (Phi) is 4.97. The molecule has 0 heterocycles. The minimum absolute atomic E-state index is 0.320. The molecule has 2 N–H and O–H groups in total. The number of benzene rings is 3. The minimum Gasteiger partial charge on any atom is -0.477 e. The smallest absolute Gasteiger partial charge is 0.353 e. The predicted molar refractivity (Wildman–Crippen MR) is 112 cm³/mol. The van der Waals surface area contributed by atoms with Gasteiger partial charge in [-0.05, 0) is 35.4 Å². The second kappa shape index (κ2) is 7.73. The highest BCUT2D eigenvalue weighted by Gasteiger charge is 2.24. The molecule has 142 valence electrons. The summed E-state index contributed by atoms with van der Waals surface area (Å²) in [5.74, 6) is -1.74. The van der Waals surface area contributed by atoms with Crippen molar-refractivity contribution in [3.05, 3.63) is 106 Å². The van der Waals surface area contributed by atoms with E-state index in [-0.39, 0.29) is 5.70 Å². The third-order valence-electron chi connectivity index (χ3n) is 4.58. The Balaban J connectivity index is 1.68. The molecule has 3 aromatic carbocycles. The monoisotopic (exact) mass is 402 g/mol. The molecule has 0 aromatic heterocycles. The zero-order valence-electron chi connectivity index (χ0n) is 15.1. The molecule has 5 nitrogen and oxygen atoms in total. The van der Waals surface area contributed by atoms with Gasteiger partial charge in [0.15, 0.2) is 5.78 Å². The number of hydrogen-bond acceptors (Lipinski definition) is 4. The van der Waals surface area contributed by atoms with Crippen LogP contribution in [0.5, 0.6) is 0 Å². The van der Waals surface area contributed by atoms with Crippen molar-refractivity contribution in [1.82, 2.24) is 5.43 Å². The van der Waals surface area contributed by atoms with E-state index in [0.29, 0.717) is 16.3 Å². The van der Waals surface area contributed by atoms with E-state index in [4.69, 9.17) is 11.6 Å². The van der Waals surface area contributed by atoms with Gasteiger partial charge in [-0.3, -0.25) is 10.2 Å². The molecule has 0 aliphatic heterocycles. The fraction of sp³-hybridized carbons (Fsp3) is 0. The molecular formula is C23H15ClN2O3. The number of allylic oxidation sites excluding steroid dienone is 1. The highest BCUT2D eigenvalue weighted by Crippen LogP contribution is 2.36. The fourth-order valence-corrected chi connectivity index (χ4v) is 3.33. The second-order valence-corrected chi connectivity index (χ2v) is 6.83. The van der Waals surface area contributed by atoms with E-state index in [9.17, 15) is 14.7 Å². The lowest BCUT2D eigenvalue weighted by Gasteiger charge is -2.05. The number of carboxylic acids is 1. The number of rotatable bonds is 5. The minimum atomic E-state index is -1.28. The molecule has 0 fully saturated rings. The van der Waals surface area contributed by atoms with Crippen LogP contribution in [0.3, 0.4) is 0 Å². The Labute approximate surface area is 172 Å². The molecule has 1 aliphatic rings. The summed E-state index contributed by atoms with van der Waals surface area (Å²) in [6.45, 7) is 0. The zero-order valence-corrected chi connectivity index (χ0v) is 15.9. The summed E-state index contributed by atoms with van der Waals surface area (Å²) >= 11 is 5.83. The van der Waals surface area contributed by atoms with Gasteiger partial charge in [0.2, 0.25) is 0 Å². The van der Waals surface area contributed by atoms with Crippen LogP contribution >= 0.6 is 11.6 Å². The van der Waals surface area contributed by atoms with Crippen LogP contribution in [0, 0.1) is 0 Å². The summed E-state index contributed by atoms with van der Waals surface area (Å²) in [6, 6.07) is 21.8. The maximum Gasteiger partial charge on any atom is 0.353 e. The van der Waals surface area contributed by atoms with Gasteiger partial charge in [0.25, 0.3) is 0 Å². The standard InChI is InChI=1S/C23H15ClN2O3/c24-15-11-9-14(10-12-15)21(27)13-20(23(28)29)25-26-22-18-7-3-1-5-16(18)17-6-2-4-8-19(17)22/h1-13,25H,(H,28,29). The SMILES string of the molecule is O=C(O)C(=CC(=O)c1ccc(Cl)cc1)NN=C1c2ccccc2-c2ccccc21. The molecule has 0 saturated carbocycles. The number of nitrogens with one attached hydrogen (secondary N) is 1. The van der Waals surface area contributed by atoms with E-state index in [1.54, 1.807) is 12.1 Å². The van der Waals surface area contributed by atoms with E-state index in [0.717, 1.165) is 28.3 Å². The summed E-state index contributed by atoms with van der Waals surface area (Å²) in [4.78, 5) is 24.0. The van der Waals surface area contributed by atoms with Crippen molar-refractivity contribution in [3.8, 4) is 11.1 Å². The Morgan fingerprint density at radius 3 is 1.86 bits per heavy atom. The van der Waals surface area contributed by atoms with Gasteiger partial charge < -0.3 is 5.11 Å². The number of nitrogens with zero attached hydrogens (tertiary/aromatic N) is 1. The highest BCUT2D eigenvalue weighted by molar-refractivity contribution is 6.30. The average molecular weight is 403 g/mol. The van der Waals surface area contributed by atoms with Crippen LogP contribution in [0.2, 0.25) is 5.02 Å². The number of ketones is 1. The maximum atomic E-state index is 12.4. The van der Waals surface area contributed by atoms with Crippen molar-refractivity contribution in [1.29, 1.82) is 0 Å². The largest absolute Gasteiger partial charge is 0.477 e. The summed E-state index contributed by atoms with van der Waals surface area (Å²) in [7, 11) is 0. The number of hydrogen-bond donors (Lipinski definition) is 2. The molecule has 29 heavy (non-hydrogen) atoms. The number of carboxylic acid groups (broad SMARTS) is 1. The molecule has 4 rings (SSSR count). The van der Waals surface area contributed by atoms with Crippen LogP contribution in [0.15, 0.2) is 89.7 Å². The summed E-state index contributed by atoms with van der Waals surface area (Å²) < 4.78 is 0. The quantitative estimate of drug-likeness (QED) is 0.292. The van der Waals surface area contributed by atoms with Gasteiger partial charge in [-0.25, -0.2) is 4.79 Å². The van der Waals surface area contributed by atoms with Crippen LogP contribution in [-0.2, 0) is 4.79 Å². The van der Waals surface area contributed by atoms with E-state index >= 15 is 0 Å². The first-order valence-corrected chi connectivity index (χ1v) is 9.20. The molecule has 6 heteroatoms. The summed E-state index contributed by atoms with van der Waals surface area (Å²) in [5, 5.41) is 14.3. The third kappa shape index (κ3) is 3.68. The maximum absolute atomic E-state index is 12.4. The molecule has 0 saturated heterocycles. The first kappa shape index (κ1) is 18.7. The third-order valence-corrected chi connectivity index (χ3v) is 4.83. The van der Waals surface area contributed by atoms with Crippen LogP contribution in [-0.4, -0.2) is 22.6 Å². The lowest BCUT2D eigenvalue weighted by atomic mass is 10.1. The number of fused-ring (bicyclic) bond motifs is 3. The second-order valence-electron chi connectivity index (χ2n) is 6.40. The van der Waals surface area contributed by atoms with Crippen LogP contribution in [0.25, 0.3) is 11.1 Å². The average Bonchev–Trinajstić information content (AvgIpc) is 3.05. The van der Waals surface area contributed by atoms with Crippen molar-refractivity contribution < 1.29 is 14.7 Å². The lowest BCUT2D eigenvalue weighted by molar-refractivity contribution is -0.133. The van der Waals surface area contributed by atoms with Crippen molar-refractivity contribution in [2.45, 2.75) is 0 Å². The number of carbonyl (C=O) groups is 2. The van der Waals surface area contributed by atoms with Crippen molar-refractivity contribution in [2.24, 2.45) is 5.10 Å². The Morgan fingerprint density at radius 2 is 1.34 bits per heavy atom. The number of halogens is 1. The van der Waals surface area contributed by atoms with Crippen LogP contribution in [0.4, 0.5) is 0 Å². The first-order chi connectivity index (χ1) is 14.0. The molecule has 1 aliphatic carbocycles. The van der Waals surface area contributed by atoms with E-state index < -0.39 is 11.8 Å². The number of aliphatic carboxylic acids is 1. The van der Waals surface area contributed by atoms with Crippen molar-refractivity contribution in [2.75, 3.05) is 0 Å². The number of hydrazone groups is 1. The summed E-state index contributed by atoms with van der Waals surface area (Å²) in [6.07, 6.45) is 1.02. The van der Waals surface area contributed by atoms with Crippen LogP contribution in [0.1, 0.15) is 21.5 Å². The predicted octanol–water partition coefficient (Wildman–Crippen LogP) is 4.51. The lowest BCUT2D eigenvalue weighted by Crippen LogP contribution is -2.19. The molecule has 0 bridgehead atoms. The summed E-state index contributed by atoms with van der Waals surface area (Å²) in [5.41, 5.74) is 7.05. The van der Waals surface area contributed by atoms with Gasteiger partial charge in [-0.2, -0.15) is 5.10 Å². The molecule has 3 aromatic rings. The van der Waals surface area contributed by atoms with Gasteiger partial charge in [0.05, 0.1) is 5.71 Å². The van der Waals surface area contributed by atoms with Crippen molar-refractivity contribution >= 4 is 29.1 Å². The Morgan fingerprint density at radius 1 is 0.828 bits per heavy atom. The van der Waals surface area contributed by atoms with E-state index in [2.05, 4.69) is 10.5 Å². The van der Waals surface area contributed by atoms with E-state index in [1.807, 2.05) is 48.5 Å². The van der Waals surface area contributed by atoms with Gasteiger partial charge in [-0.1, -0.05) is 60.1 Å². The van der Waals surface area contributed by atoms with E-state index in [1.165, 1.54) is 12.1 Å². The Hall–Kier alpha value is -3.70. The van der Waals surface area contributed by atoms with Crippen molar-refractivity contribution in [3.63, 3.8) is 0 Å². The molecule has 0 radical (unpaired) electrons. The van der Waals surface area contributed by atoms with Gasteiger partial charge in [-0.15, -0.1) is 0 Å². The van der Waals surface area contributed by atoms with Crippen LogP contribution < -0.4 is 5.43 Å². The fourth-order valence-electron chi connectivity index (χ4n) is 3.20. The molecule has 0 spiro atoms. The topological polar surface area (TPSA) is 78.8 Å². The molecule has 0 unspecified atom stereocenters. The molecule has 0 amide bonds. The van der Waals surface area contributed by atoms with Gasteiger partial charge in [0.1, 0.15) is 5.70 Å². The molecular weight excluding hydrogens is 388 g/mol. The number of carbonyl (C=O) groups excluding carboxylic acids is 1. The Bertz CT molecular complexity index is 1130. The first-order valence-electron chi connectivity index (χ1n) is 8.82. The van der Waals surface area contributed by atoms with Gasteiger partial charge in [0, 0.05) is 27.8 Å². The zero-order chi connectivity index (χ0) is 20.4.